The number of para-hydroxylation sites is 6. The summed E-state index contributed by atoms with van der Waals surface area (Å²) in [5.41, 5.74) is 23.0. The molecule has 0 aliphatic heterocycles. The molecule has 2 aliphatic carbocycles. The molecule has 0 saturated heterocycles. The van der Waals surface area contributed by atoms with Crippen LogP contribution in [0, 0.1) is 0 Å². The molecule has 0 amide bonds. The molecule has 0 N–H and O–H groups in total. The number of hydrogen-bond donors (Lipinski definition) is 0. The molecule has 0 atom stereocenters. The van der Waals surface area contributed by atoms with Crippen LogP contribution in [0.4, 0.5) is 0 Å². The summed E-state index contributed by atoms with van der Waals surface area (Å²) >= 11 is 4.36. The maximum atomic E-state index is 6.67. The summed E-state index contributed by atoms with van der Waals surface area (Å²) in [6.45, 7) is 1.73. The molecular weight excluding hydrogens is 878 g/mol. The average Bonchev–Trinajstić information content (AvgIpc) is 4.19. The van der Waals surface area contributed by atoms with Crippen LogP contribution < -0.4 is 0 Å². The topological polar surface area (TPSA) is 35.6 Å². The smallest absolute Gasteiger partial charge is 0.145 e. The Hall–Kier alpha value is -8.51. The number of nitrogens with zero attached hydrogens (tertiary/aromatic N) is 4. The predicted octanol–water partition coefficient (Wildman–Crippen LogP) is 15.6. The molecule has 1 spiro atoms. The van der Waals surface area contributed by atoms with Crippen LogP contribution in [0.5, 0.6) is 0 Å². The molecule has 2 aliphatic rings. The van der Waals surface area contributed by atoms with Gasteiger partial charge in [0.2, 0.25) is 0 Å². The van der Waals surface area contributed by atoms with Crippen molar-refractivity contribution in [3.63, 3.8) is 0 Å². The van der Waals surface area contributed by atoms with E-state index in [1.165, 1.54) is 50.6 Å². The van der Waals surface area contributed by atoms with E-state index in [-0.39, 0.29) is 7.13 Å². The Labute approximate surface area is 421 Å². The normalized spacial score (nSPS) is 12.6. The summed E-state index contributed by atoms with van der Waals surface area (Å²) in [6.07, 6.45) is 0. The van der Waals surface area contributed by atoms with E-state index >= 15 is 0 Å². The van der Waals surface area contributed by atoms with Crippen LogP contribution in [0.2, 0.25) is 6.82 Å². The number of imidazole rings is 2. The van der Waals surface area contributed by atoms with Gasteiger partial charge in [-0.3, -0.25) is 9.13 Å². The SMILES string of the molecule is [2H]B(C)B=S.c1ccc(-n2c(-c3cccc(-c4ccc5c(c4)-c4cc(-c6cccc(-c7nc8ccccc8n7-c7ccccc7)c6)ccc4C54c5ccccc5-c5ccccc54)c3)nc3ccccc32)cc1. The molecule has 0 saturated carbocycles. The monoisotopic (exact) mass is 923 g/mol. The summed E-state index contributed by atoms with van der Waals surface area (Å²) in [5, 5.41) is 0. The molecule has 10 aromatic carbocycles. The van der Waals surface area contributed by atoms with Crippen molar-refractivity contribution in [2.24, 2.45) is 0 Å². The third-order valence-electron chi connectivity index (χ3n) is 14.3. The first-order chi connectivity index (χ1) is 35.5. The molecule has 0 fully saturated rings. The second kappa shape index (κ2) is 17.5. The first kappa shape index (κ1) is 41.5. The van der Waals surface area contributed by atoms with Crippen LogP contribution in [-0.2, 0) is 5.41 Å². The molecule has 2 aromatic heterocycles. The predicted molar refractivity (Wildman–Crippen MR) is 300 cm³/mol. The number of rotatable bonds is 7. The van der Waals surface area contributed by atoms with Crippen molar-refractivity contribution in [1.82, 2.24) is 19.1 Å². The molecule has 4 nitrogen and oxygen atoms in total. The van der Waals surface area contributed by atoms with Gasteiger partial charge >= 0.3 is 33.4 Å². The summed E-state index contributed by atoms with van der Waals surface area (Å²) < 4.78 is 11.2. The minimum absolute atomic E-state index is 0.176. The Morgan fingerprint density at radius 2 is 0.761 bits per heavy atom. The summed E-state index contributed by atoms with van der Waals surface area (Å²) in [7, 11) is -0.176. The third-order valence-corrected chi connectivity index (χ3v) is 14.6. The van der Waals surface area contributed by atoms with Crippen LogP contribution in [0.25, 0.3) is 101 Å². The van der Waals surface area contributed by atoms with Gasteiger partial charge in [0.05, 0.1) is 27.5 Å². The second-order valence-electron chi connectivity index (χ2n) is 18.2. The van der Waals surface area contributed by atoms with E-state index < -0.39 is 5.41 Å². The van der Waals surface area contributed by atoms with Gasteiger partial charge in [0.25, 0.3) is 0 Å². The molecule has 71 heavy (non-hydrogen) atoms. The summed E-state index contributed by atoms with van der Waals surface area (Å²) in [6, 6.07) is 89.5. The van der Waals surface area contributed by atoms with E-state index in [4.69, 9.17) is 11.3 Å². The van der Waals surface area contributed by atoms with Crippen molar-refractivity contribution >= 4 is 47.3 Å². The average molecular weight is 924 g/mol. The Kier molecular flexibility index (Phi) is 10.2. The van der Waals surface area contributed by atoms with E-state index in [0.717, 1.165) is 78.5 Å². The van der Waals surface area contributed by atoms with Gasteiger partial charge in [-0.25, -0.2) is 9.97 Å². The van der Waals surface area contributed by atoms with Gasteiger partial charge < -0.3 is 0 Å². The Morgan fingerprint density at radius 1 is 0.394 bits per heavy atom. The van der Waals surface area contributed by atoms with Crippen molar-refractivity contribution < 1.29 is 0 Å². The second-order valence-corrected chi connectivity index (χ2v) is 18.5. The zero-order valence-electron chi connectivity index (χ0n) is 39.9. The molecule has 2 heterocycles. The molecule has 7 heteroatoms. The molecule has 332 valence electrons. The molecular formula is C64H44B2N4S. The van der Waals surface area contributed by atoms with E-state index in [0.29, 0.717) is 0 Å². The molecule has 0 radical (unpaired) electrons. The van der Waals surface area contributed by atoms with Crippen LogP contribution in [0.1, 0.15) is 22.3 Å². The van der Waals surface area contributed by atoms with Gasteiger partial charge in [-0.05, 0) is 140 Å². The van der Waals surface area contributed by atoms with E-state index in [2.05, 4.69) is 264 Å². The molecule has 0 bridgehead atoms. The van der Waals surface area contributed by atoms with E-state index in [1.807, 2.05) is 0 Å². The third kappa shape index (κ3) is 6.83. The fourth-order valence-electron chi connectivity index (χ4n) is 11.3. The van der Waals surface area contributed by atoms with Crippen molar-refractivity contribution in [3.05, 3.63) is 265 Å². The van der Waals surface area contributed by atoms with Gasteiger partial charge in [-0.2, -0.15) is 0 Å². The van der Waals surface area contributed by atoms with Crippen LogP contribution in [0.3, 0.4) is 0 Å². The van der Waals surface area contributed by atoms with Gasteiger partial charge in [-0.15, -0.1) is 0 Å². The maximum absolute atomic E-state index is 6.67. The number of benzene rings is 10. The fraction of sp³-hybridized carbons (Fsp3) is 0.0312. The molecule has 12 aromatic rings. The minimum Gasteiger partial charge on any atom is -0.292 e. The van der Waals surface area contributed by atoms with Crippen molar-refractivity contribution in [2.45, 2.75) is 12.2 Å². The van der Waals surface area contributed by atoms with Gasteiger partial charge in [0.1, 0.15) is 11.6 Å². The van der Waals surface area contributed by atoms with Crippen LogP contribution >= 0.6 is 12.1 Å². The quantitative estimate of drug-likeness (QED) is 0.149. The maximum Gasteiger partial charge on any atom is 0.145 e. The van der Waals surface area contributed by atoms with Gasteiger partial charge in [0.15, 0.2) is 0 Å². The van der Waals surface area contributed by atoms with Crippen molar-refractivity contribution in [1.29, 1.82) is 1.34 Å². The molecule has 0 unspecified atom stereocenters. The first-order valence-electron chi connectivity index (χ1n) is 24.7. The minimum atomic E-state index is -0.459. The fourth-order valence-corrected chi connectivity index (χ4v) is 11.3. The zero-order valence-corrected chi connectivity index (χ0v) is 39.8. The van der Waals surface area contributed by atoms with Crippen LogP contribution in [0.15, 0.2) is 243 Å². The van der Waals surface area contributed by atoms with Crippen molar-refractivity contribution in [2.75, 3.05) is 0 Å². The molecule has 14 rings (SSSR count). The largest absolute Gasteiger partial charge is 0.292 e. The summed E-state index contributed by atoms with van der Waals surface area (Å²) in [5.74, 6) is 1.84. The Morgan fingerprint density at radius 3 is 1.21 bits per heavy atom. The summed E-state index contributed by atoms with van der Waals surface area (Å²) in [4.78, 5) is 10.5. The number of aromatic nitrogens is 4. The van der Waals surface area contributed by atoms with Gasteiger partial charge in [-0.1, -0.05) is 170 Å². The Bertz CT molecular complexity index is 3810. The standard InChI is InChI=1S/C63H40N4.CH4B2S/c1-3-21-47(22-4-1)66-59-31-13-11-29-57(59)64-61(66)45-19-15-17-41(37-45)43-33-35-55-51(39-43)52-40-44(34-36-56(52)63(55)53-27-9-7-25-49(53)50-26-8-10-28-54(50)63)42-18-16-20-46(38-42)62-65-58-30-12-14-32-60(58)67(62)48-23-5-2-6-24-48;1-2-3-4/h1-40H;2H,1H3/i;2D. The van der Waals surface area contributed by atoms with Crippen LogP contribution in [-0.4, -0.2) is 33.6 Å². The first-order valence-corrected chi connectivity index (χ1v) is 24.6. The van der Waals surface area contributed by atoms with E-state index in [1.54, 1.807) is 6.82 Å². The van der Waals surface area contributed by atoms with Gasteiger partial charge in [0, 0.05) is 22.5 Å². The zero-order chi connectivity index (χ0) is 48.3. The number of fused-ring (bicyclic) bond motifs is 12. The Balaban J connectivity index is 0.000000964. The van der Waals surface area contributed by atoms with Crippen molar-refractivity contribution in [3.8, 4) is 78.7 Å². The van der Waals surface area contributed by atoms with E-state index in [9.17, 15) is 0 Å². The number of hydrogen-bond acceptors (Lipinski definition) is 3.